The van der Waals surface area contributed by atoms with Gasteiger partial charge in [0.25, 0.3) is 5.56 Å². The summed E-state index contributed by atoms with van der Waals surface area (Å²) >= 11 is 7.41. The molecule has 0 spiro atoms. The number of hydrogen-bond acceptors (Lipinski definition) is 4. The monoisotopic (exact) mass is 413 g/mol. The molecule has 5 nitrogen and oxygen atoms in total. The molecule has 0 aliphatic carbocycles. The molecule has 0 radical (unpaired) electrons. The van der Waals surface area contributed by atoms with Gasteiger partial charge in [0.05, 0.1) is 22.7 Å². The Morgan fingerprint density at radius 2 is 2.00 bits per heavy atom. The number of benzene rings is 2. The average Bonchev–Trinajstić information content (AvgIpc) is 2.69. The number of halogens is 1. The zero-order valence-electron chi connectivity index (χ0n) is 15.4. The topological polar surface area (TPSA) is 64.0 Å². The van der Waals surface area contributed by atoms with Crippen LogP contribution in [0.25, 0.3) is 10.9 Å². The molecule has 0 saturated heterocycles. The number of carbonyl (C=O) groups is 1. The predicted molar refractivity (Wildman–Crippen MR) is 115 cm³/mol. The van der Waals surface area contributed by atoms with Crippen LogP contribution < -0.4 is 10.9 Å². The minimum absolute atomic E-state index is 0.136. The van der Waals surface area contributed by atoms with Crippen molar-refractivity contribution in [1.82, 2.24) is 14.9 Å². The summed E-state index contributed by atoms with van der Waals surface area (Å²) in [6.45, 7) is 5.92. The molecule has 1 heterocycles. The van der Waals surface area contributed by atoms with Gasteiger partial charge in [0.2, 0.25) is 5.91 Å². The van der Waals surface area contributed by atoms with E-state index in [4.69, 9.17) is 11.6 Å². The third-order valence-corrected chi connectivity index (χ3v) is 5.54. The summed E-state index contributed by atoms with van der Waals surface area (Å²) in [5.41, 5.74) is 1.33. The highest BCUT2D eigenvalue weighted by Crippen LogP contribution is 2.23. The largest absolute Gasteiger partial charge is 0.349 e. The number of thioether (sulfide) groups is 1. The van der Waals surface area contributed by atoms with Gasteiger partial charge >= 0.3 is 0 Å². The van der Waals surface area contributed by atoms with Crippen molar-refractivity contribution in [3.8, 4) is 0 Å². The molecule has 0 unspecified atom stereocenters. The third-order valence-electron chi connectivity index (χ3n) is 4.22. The van der Waals surface area contributed by atoms with Crippen LogP contribution in [0, 0.1) is 0 Å². The molecule has 1 amide bonds. The van der Waals surface area contributed by atoms with Crippen molar-refractivity contribution in [2.45, 2.75) is 24.7 Å². The third kappa shape index (κ3) is 4.46. The maximum atomic E-state index is 12.7. The van der Waals surface area contributed by atoms with Crippen LogP contribution >= 0.6 is 23.4 Å². The van der Waals surface area contributed by atoms with E-state index in [0.717, 1.165) is 5.56 Å². The normalized spacial score (nSPS) is 11.9. The van der Waals surface area contributed by atoms with Crippen LogP contribution in [0.15, 0.2) is 71.1 Å². The fraction of sp³-hybridized carbons (Fsp3) is 0.190. The quantitative estimate of drug-likeness (QED) is 0.358. The van der Waals surface area contributed by atoms with Crippen LogP contribution in [0.2, 0.25) is 5.02 Å². The van der Waals surface area contributed by atoms with Crippen molar-refractivity contribution >= 4 is 40.2 Å². The van der Waals surface area contributed by atoms with E-state index < -0.39 is 0 Å². The highest BCUT2D eigenvalue weighted by molar-refractivity contribution is 7.99. The van der Waals surface area contributed by atoms with Gasteiger partial charge in [0.1, 0.15) is 0 Å². The lowest BCUT2D eigenvalue weighted by molar-refractivity contribution is -0.119. The van der Waals surface area contributed by atoms with Gasteiger partial charge in [-0.2, -0.15) is 0 Å². The van der Waals surface area contributed by atoms with Gasteiger partial charge in [-0.1, -0.05) is 59.8 Å². The zero-order chi connectivity index (χ0) is 20.1. The van der Waals surface area contributed by atoms with E-state index in [0.29, 0.717) is 27.6 Å². The Morgan fingerprint density at radius 1 is 1.29 bits per heavy atom. The lowest BCUT2D eigenvalue weighted by atomic mass is 10.1. The van der Waals surface area contributed by atoms with Crippen LogP contribution in [-0.2, 0) is 11.3 Å². The molecule has 0 saturated carbocycles. The minimum Gasteiger partial charge on any atom is -0.349 e. The van der Waals surface area contributed by atoms with Crippen LogP contribution in [0.4, 0.5) is 0 Å². The minimum atomic E-state index is -0.221. The molecule has 28 heavy (non-hydrogen) atoms. The van der Waals surface area contributed by atoms with Gasteiger partial charge in [-0.05, 0) is 30.7 Å². The second kappa shape index (κ2) is 9.08. The summed E-state index contributed by atoms with van der Waals surface area (Å²) in [7, 11) is 0. The fourth-order valence-corrected chi connectivity index (χ4v) is 3.98. The van der Waals surface area contributed by atoms with Gasteiger partial charge < -0.3 is 5.32 Å². The van der Waals surface area contributed by atoms with Crippen molar-refractivity contribution in [3.63, 3.8) is 0 Å². The molecule has 0 fully saturated rings. The van der Waals surface area contributed by atoms with Gasteiger partial charge in [-0.25, -0.2) is 4.98 Å². The number of carbonyl (C=O) groups excluding carboxylic acids is 1. The predicted octanol–water partition coefficient (Wildman–Crippen LogP) is 4.21. The highest BCUT2D eigenvalue weighted by Gasteiger charge is 2.15. The number of allylic oxidation sites excluding steroid dienone is 1. The van der Waals surface area contributed by atoms with Crippen LogP contribution in [0.3, 0.4) is 0 Å². The maximum absolute atomic E-state index is 12.7. The summed E-state index contributed by atoms with van der Waals surface area (Å²) in [5, 5.41) is 4.58. The molecule has 3 rings (SSSR count). The summed E-state index contributed by atoms with van der Waals surface area (Å²) < 4.78 is 1.53. The molecule has 0 aliphatic heterocycles. The first-order chi connectivity index (χ1) is 13.5. The fourth-order valence-electron chi connectivity index (χ4n) is 2.87. The standard InChI is InChI=1S/C21H20ClN3O2S/c1-3-12-25-20(27)16-9-5-7-11-18(16)24-21(25)28-13-19(26)23-14(2)15-8-4-6-10-17(15)22/h3-11,14H,1,12-13H2,2H3,(H,23,26)/t14-/m0/s1. The summed E-state index contributed by atoms with van der Waals surface area (Å²) in [6.07, 6.45) is 1.64. The van der Waals surface area contributed by atoms with Crippen molar-refractivity contribution in [2.24, 2.45) is 0 Å². The highest BCUT2D eigenvalue weighted by atomic mass is 35.5. The van der Waals surface area contributed by atoms with Crippen LogP contribution in [0.1, 0.15) is 18.5 Å². The molecular formula is C21H20ClN3O2S. The lowest BCUT2D eigenvalue weighted by Crippen LogP contribution is -2.29. The number of aromatic nitrogens is 2. The Morgan fingerprint density at radius 3 is 2.75 bits per heavy atom. The van der Waals surface area contributed by atoms with Crippen LogP contribution in [-0.4, -0.2) is 21.2 Å². The molecule has 144 valence electrons. The Balaban J connectivity index is 1.76. The van der Waals surface area contributed by atoms with Crippen LogP contribution in [0.5, 0.6) is 0 Å². The first kappa shape index (κ1) is 20.2. The first-order valence-corrected chi connectivity index (χ1v) is 10.1. The van der Waals surface area contributed by atoms with E-state index in [9.17, 15) is 9.59 Å². The van der Waals surface area contributed by atoms with E-state index >= 15 is 0 Å². The maximum Gasteiger partial charge on any atom is 0.262 e. The Bertz CT molecular complexity index is 1080. The summed E-state index contributed by atoms with van der Waals surface area (Å²) in [4.78, 5) is 29.7. The van der Waals surface area contributed by atoms with E-state index in [1.807, 2.05) is 31.2 Å². The SMILES string of the molecule is C=CCn1c(SCC(=O)N[C@@H](C)c2ccccc2Cl)nc2ccccc2c1=O. The summed E-state index contributed by atoms with van der Waals surface area (Å²) in [5.74, 6) is -0.0264. The number of nitrogens with one attached hydrogen (secondary N) is 1. The molecule has 0 aliphatic rings. The van der Waals surface area contributed by atoms with E-state index in [1.165, 1.54) is 16.3 Å². The van der Waals surface area contributed by atoms with Gasteiger partial charge in [0, 0.05) is 11.6 Å². The first-order valence-electron chi connectivity index (χ1n) is 8.78. The van der Waals surface area contributed by atoms with E-state index in [2.05, 4.69) is 16.9 Å². The van der Waals surface area contributed by atoms with E-state index in [1.54, 1.807) is 30.3 Å². The lowest BCUT2D eigenvalue weighted by Gasteiger charge is -2.16. The van der Waals surface area contributed by atoms with Gasteiger partial charge in [-0.15, -0.1) is 6.58 Å². The number of hydrogen-bond donors (Lipinski definition) is 1. The van der Waals surface area contributed by atoms with Gasteiger partial charge in [-0.3, -0.25) is 14.2 Å². The molecule has 7 heteroatoms. The molecule has 0 bridgehead atoms. The summed E-state index contributed by atoms with van der Waals surface area (Å²) in [6, 6.07) is 14.4. The number of fused-ring (bicyclic) bond motifs is 1. The second-order valence-corrected chi connectivity index (χ2v) is 7.57. The molecule has 1 N–H and O–H groups in total. The number of para-hydroxylation sites is 1. The number of amides is 1. The number of rotatable bonds is 7. The Kier molecular flexibility index (Phi) is 6.54. The molecule has 3 aromatic rings. The smallest absolute Gasteiger partial charge is 0.262 e. The zero-order valence-corrected chi connectivity index (χ0v) is 17.0. The Labute approximate surface area is 172 Å². The second-order valence-electron chi connectivity index (χ2n) is 6.22. The van der Waals surface area contributed by atoms with Crippen molar-refractivity contribution < 1.29 is 4.79 Å². The molecular weight excluding hydrogens is 394 g/mol. The van der Waals surface area contributed by atoms with Crippen molar-refractivity contribution in [2.75, 3.05) is 5.75 Å². The van der Waals surface area contributed by atoms with Gasteiger partial charge in [0.15, 0.2) is 5.16 Å². The van der Waals surface area contributed by atoms with Crippen molar-refractivity contribution in [1.29, 1.82) is 0 Å². The molecule has 1 atom stereocenters. The van der Waals surface area contributed by atoms with Crippen molar-refractivity contribution in [3.05, 3.63) is 82.1 Å². The molecule has 1 aromatic heterocycles. The molecule has 2 aromatic carbocycles. The number of nitrogens with zero attached hydrogens (tertiary/aromatic N) is 2. The van der Waals surface area contributed by atoms with E-state index in [-0.39, 0.29) is 23.3 Å². The Hall–Kier alpha value is -2.57. The average molecular weight is 414 g/mol.